The lowest BCUT2D eigenvalue weighted by Crippen LogP contribution is -2.09. The van der Waals surface area contributed by atoms with Crippen molar-refractivity contribution in [1.82, 2.24) is 0 Å². The van der Waals surface area contributed by atoms with Crippen molar-refractivity contribution >= 4 is 23.9 Å². The third-order valence-electron chi connectivity index (χ3n) is 3.13. The lowest BCUT2D eigenvalue weighted by atomic mass is 10.1. The van der Waals surface area contributed by atoms with Crippen LogP contribution < -0.4 is 0 Å². The molecule has 0 heterocycles. The van der Waals surface area contributed by atoms with Crippen molar-refractivity contribution in [2.45, 2.75) is 0 Å². The summed E-state index contributed by atoms with van der Waals surface area (Å²) in [4.78, 5) is 43.4. The standard InChI is InChI=1S/2C9H8O4/c2*1-13-9(12)7-5-3-2-4-6(7)8(10)11/h2*2-5H,1H3,(H,10,11). The number of rotatable bonds is 4. The molecule has 0 aliphatic heterocycles. The number of carbonyl (C=O) groups excluding carboxylic acids is 2. The smallest absolute Gasteiger partial charge is 0.338 e. The molecule has 0 bridgehead atoms. The molecule has 26 heavy (non-hydrogen) atoms. The molecule has 0 atom stereocenters. The van der Waals surface area contributed by atoms with Crippen LogP contribution in [0, 0.1) is 0 Å². The first-order valence-electron chi connectivity index (χ1n) is 7.14. The van der Waals surface area contributed by atoms with Crippen molar-refractivity contribution in [3.05, 3.63) is 70.8 Å². The molecule has 0 amide bonds. The van der Waals surface area contributed by atoms with Gasteiger partial charge in [-0.1, -0.05) is 24.3 Å². The predicted octanol–water partition coefficient (Wildman–Crippen LogP) is 2.34. The second-order valence-corrected chi connectivity index (χ2v) is 4.68. The van der Waals surface area contributed by atoms with Gasteiger partial charge in [-0.3, -0.25) is 0 Å². The van der Waals surface area contributed by atoms with Gasteiger partial charge in [0.05, 0.1) is 36.5 Å². The number of carboxylic acids is 2. The fourth-order valence-electron chi connectivity index (χ4n) is 1.92. The Balaban J connectivity index is 0.000000260. The summed E-state index contributed by atoms with van der Waals surface area (Å²) in [6.45, 7) is 0. The van der Waals surface area contributed by atoms with Crippen LogP contribution in [0.5, 0.6) is 0 Å². The van der Waals surface area contributed by atoms with E-state index in [9.17, 15) is 19.2 Å². The Kier molecular flexibility index (Phi) is 7.50. The quantitative estimate of drug-likeness (QED) is 0.795. The van der Waals surface area contributed by atoms with Crippen molar-refractivity contribution in [2.24, 2.45) is 0 Å². The number of benzene rings is 2. The van der Waals surface area contributed by atoms with Crippen LogP contribution in [-0.2, 0) is 9.47 Å². The highest BCUT2D eigenvalue weighted by molar-refractivity contribution is 6.03. The molecule has 2 rings (SSSR count). The molecule has 0 aliphatic rings. The summed E-state index contributed by atoms with van der Waals surface area (Å²) < 4.78 is 8.85. The molecular weight excluding hydrogens is 344 g/mol. The van der Waals surface area contributed by atoms with E-state index >= 15 is 0 Å². The van der Waals surface area contributed by atoms with Crippen molar-refractivity contribution in [3.8, 4) is 0 Å². The highest BCUT2D eigenvalue weighted by atomic mass is 16.5. The monoisotopic (exact) mass is 360 g/mol. The van der Waals surface area contributed by atoms with Crippen LogP contribution in [0.15, 0.2) is 48.5 Å². The molecule has 0 unspecified atom stereocenters. The summed E-state index contributed by atoms with van der Waals surface area (Å²) in [5, 5.41) is 17.4. The second-order valence-electron chi connectivity index (χ2n) is 4.68. The summed E-state index contributed by atoms with van der Waals surface area (Å²) in [6.07, 6.45) is 0. The van der Waals surface area contributed by atoms with Gasteiger partial charge in [0, 0.05) is 0 Å². The topological polar surface area (TPSA) is 127 Å². The van der Waals surface area contributed by atoms with E-state index in [2.05, 4.69) is 9.47 Å². The molecule has 2 aromatic rings. The summed E-state index contributed by atoms with van der Waals surface area (Å²) in [6, 6.07) is 11.8. The SMILES string of the molecule is COC(=O)c1ccccc1C(=O)O.COC(=O)c1ccccc1C(=O)O. The van der Waals surface area contributed by atoms with Gasteiger partial charge in [-0.2, -0.15) is 0 Å². The van der Waals surface area contributed by atoms with E-state index in [0.717, 1.165) is 0 Å². The Morgan fingerprint density at radius 2 is 0.885 bits per heavy atom. The molecule has 8 nitrogen and oxygen atoms in total. The number of methoxy groups -OCH3 is 2. The van der Waals surface area contributed by atoms with Gasteiger partial charge >= 0.3 is 23.9 Å². The van der Waals surface area contributed by atoms with E-state index in [1.807, 2.05) is 0 Å². The first-order valence-corrected chi connectivity index (χ1v) is 7.14. The highest BCUT2D eigenvalue weighted by Crippen LogP contribution is 2.10. The molecule has 0 spiro atoms. The fraction of sp³-hybridized carbons (Fsp3) is 0.111. The molecule has 0 fully saturated rings. The van der Waals surface area contributed by atoms with Crippen LogP contribution in [-0.4, -0.2) is 48.3 Å². The minimum absolute atomic E-state index is 0.0469. The van der Waals surface area contributed by atoms with Crippen molar-refractivity contribution in [2.75, 3.05) is 14.2 Å². The lowest BCUT2D eigenvalue weighted by molar-refractivity contribution is 0.0580. The molecule has 0 saturated heterocycles. The van der Waals surface area contributed by atoms with E-state index in [0.29, 0.717) is 0 Å². The fourth-order valence-corrected chi connectivity index (χ4v) is 1.92. The van der Waals surface area contributed by atoms with Crippen LogP contribution in [0.2, 0.25) is 0 Å². The Labute approximate surface area is 148 Å². The number of aromatic carboxylic acids is 2. The molecule has 136 valence electrons. The molecule has 2 N–H and O–H groups in total. The summed E-state index contributed by atoms with van der Waals surface area (Å²) in [5.41, 5.74) is 0.0405. The van der Waals surface area contributed by atoms with Gasteiger partial charge in [-0.25, -0.2) is 19.2 Å². The van der Waals surface area contributed by atoms with Crippen LogP contribution in [0.25, 0.3) is 0 Å². The predicted molar refractivity (Wildman–Crippen MR) is 89.5 cm³/mol. The van der Waals surface area contributed by atoms with Gasteiger partial charge in [0.25, 0.3) is 0 Å². The average Bonchev–Trinajstić information content (AvgIpc) is 2.67. The Hall–Kier alpha value is -3.68. The van der Waals surface area contributed by atoms with Crippen molar-refractivity contribution in [3.63, 3.8) is 0 Å². The van der Waals surface area contributed by atoms with Crippen molar-refractivity contribution in [1.29, 1.82) is 0 Å². The molecule has 0 aliphatic carbocycles. The van der Waals surface area contributed by atoms with Crippen LogP contribution in [0.1, 0.15) is 41.4 Å². The molecule has 0 saturated carbocycles. The maximum absolute atomic E-state index is 11.1. The summed E-state index contributed by atoms with van der Waals surface area (Å²) >= 11 is 0. The van der Waals surface area contributed by atoms with Crippen LogP contribution >= 0.6 is 0 Å². The summed E-state index contributed by atoms with van der Waals surface area (Å²) in [5.74, 6) is -3.56. The molecule has 8 heteroatoms. The van der Waals surface area contributed by atoms with E-state index < -0.39 is 23.9 Å². The zero-order valence-electron chi connectivity index (χ0n) is 14.0. The van der Waals surface area contributed by atoms with Crippen molar-refractivity contribution < 1.29 is 38.9 Å². The van der Waals surface area contributed by atoms with E-state index in [1.54, 1.807) is 24.3 Å². The number of carbonyl (C=O) groups is 4. The Bertz CT molecular complexity index is 756. The number of hydrogen-bond donors (Lipinski definition) is 2. The number of carboxylic acid groups (broad SMARTS) is 2. The van der Waals surface area contributed by atoms with Crippen LogP contribution in [0.4, 0.5) is 0 Å². The van der Waals surface area contributed by atoms with Gasteiger partial charge in [0.1, 0.15) is 0 Å². The zero-order chi connectivity index (χ0) is 19.7. The number of ether oxygens (including phenoxy) is 2. The molecule has 0 aromatic heterocycles. The first-order chi connectivity index (χ1) is 12.3. The molecular formula is C18H16O8. The van der Waals surface area contributed by atoms with Gasteiger partial charge in [-0.15, -0.1) is 0 Å². The van der Waals surface area contributed by atoms with E-state index in [4.69, 9.17) is 10.2 Å². The first kappa shape index (κ1) is 20.4. The van der Waals surface area contributed by atoms with Crippen LogP contribution in [0.3, 0.4) is 0 Å². The largest absolute Gasteiger partial charge is 0.478 e. The molecule has 0 radical (unpaired) electrons. The van der Waals surface area contributed by atoms with Gasteiger partial charge < -0.3 is 19.7 Å². The molecule has 2 aromatic carbocycles. The lowest BCUT2D eigenvalue weighted by Gasteiger charge is -2.02. The highest BCUT2D eigenvalue weighted by Gasteiger charge is 2.16. The van der Waals surface area contributed by atoms with E-state index in [1.165, 1.54) is 38.5 Å². The summed E-state index contributed by atoms with van der Waals surface area (Å²) in [7, 11) is 2.42. The Morgan fingerprint density at radius 3 is 1.12 bits per heavy atom. The van der Waals surface area contributed by atoms with E-state index in [-0.39, 0.29) is 22.3 Å². The zero-order valence-corrected chi connectivity index (χ0v) is 14.0. The Morgan fingerprint density at radius 1 is 0.615 bits per heavy atom. The minimum atomic E-state index is -1.14. The second kappa shape index (κ2) is 9.58. The third-order valence-corrected chi connectivity index (χ3v) is 3.13. The maximum Gasteiger partial charge on any atom is 0.338 e. The average molecular weight is 360 g/mol. The maximum atomic E-state index is 11.1. The number of hydrogen-bond acceptors (Lipinski definition) is 6. The third kappa shape index (κ3) is 5.17. The van der Waals surface area contributed by atoms with Gasteiger partial charge in [0.15, 0.2) is 0 Å². The minimum Gasteiger partial charge on any atom is -0.478 e. The van der Waals surface area contributed by atoms with Gasteiger partial charge in [-0.05, 0) is 24.3 Å². The number of esters is 2. The van der Waals surface area contributed by atoms with Gasteiger partial charge in [0.2, 0.25) is 0 Å². The normalized spacial score (nSPS) is 9.31.